The average molecular weight is 350 g/mol. The molecule has 23 heavy (non-hydrogen) atoms. The van der Waals surface area contributed by atoms with Gasteiger partial charge in [0.15, 0.2) is 6.23 Å². The van der Waals surface area contributed by atoms with E-state index in [0.717, 1.165) is 21.8 Å². The minimum Gasteiger partial charge on any atom is -0.462 e. The molecule has 0 amide bonds. The predicted molar refractivity (Wildman–Crippen MR) is 93.6 cm³/mol. The summed E-state index contributed by atoms with van der Waals surface area (Å²) in [4.78, 5) is 14.5. The lowest BCUT2D eigenvalue weighted by Crippen LogP contribution is -2.30. The van der Waals surface area contributed by atoms with Crippen LogP contribution in [0.3, 0.4) is 0 Å². The Morgan fingerprint density at radius 3 is 2.74 bits per heavy atom. The van der Waals surface area contributed by atoms with Crippen molar-refractivity contribution in [2.24, 2.45) is 0 Å². The first-order valence-corrected chi connectivity index (χ1v) is 8.44. The summed E-state index contributed by atoms with van der Waals surface area (Å²) in [6.07, 6.45) is 2.75. The van der Waals surface area contributed by atoms with Crippen molar-refractivity contribution in [3.63, 3.8) is 0 Å². The van der Waals surface area contributed by atoms with Crippen molar-refractivity contribution in [1.82, 2.24) is 0 Å². The zero-order chi connectivity index (χ0) is 16.6. The van der Waals surface area contributed by atoms with Gasteiger partial charge in [0.2, 0.25) is 0 Å². The lowest BCUT2D eigenvalue weighted by Gasteiger charge is -2.30. The topological polar surface area (TPSA) is 49.8 Å². The van der Waals surface area contributed by atoms with E-state index in [1.54, 1.807) is 30.0 Å². The van der Waals surface area contributed by atoms with Crippen molar-refractivity contribution in [3.05, 3.63) is 51.4 Å². The summed E-state index contributed by atoms with van der Waals surface area (Å²) in [5.41, 5.74) is 2.60. The Morgan fingerprint density at radius 2 is 2.09 bits per heavy atom. The molecule has 4 nitrogen and oxygen atoms in total. The largest absolute Gasteiger partial charge is 0.462 e. The van der Waals surface area contributed by atoms with Gasteiger partial charge in [0.25, 0.3) is 0 Å². The second-order valence-electron chi connectivity index (χ2n) is 5.11. The number of rotatable bonds is 3. The van der Waals surface area contributed by atoms with Gasteiger partial charge in [-0.05, 0) is 49.8 Å². The van der Waals surface area contributed by atoms with E-state index in [0.29, 0.717) is 16.5 Å². The van der Waals surface area contributed by atoms with Crippen LogP contribution in [0.5, 0.6) is 0 Å². The Hall–Kier alpha value is -1.82. The van der Waals surface area contributed by atoms with Crippen LogP contribution in [0.1, 0.15) is 27.7 Å². The second-order valence-corrected chi connectivity index (χ2v) is 6.55. The number of esters is 1. The highest BCUT2D eigenvalue weighted by Crippen LogP contribution is 2.44. The standard InChI is InChI=1S/C17H16ClNO3S/c1-3-22-17(21)15-10(2)13-8-9-14(20)19(16(13)23-15)12-6-4-11(18)5-7-12/h4-9,14,20H,3H2,1-2H3. The highest BCUT2D eigenvalue weighted by Gasteiger charge is 2.29. The summed E-state index contributed by atoms with van der Waals surface area (Å²) in [5.74, 6) is -0.330. The first-order valence-electron chi connectivity index (χ1n) is 7.24. The van der Waals surface area contributed by atoms with Crippen LogP contribution in [0.25, 0.3) is 6.08 Å². The van der Waals surface area contributed by atoms with Crippen LogP contribution in [0.4, 0.5) is 10.7 Å². The number of aliphatic hydroxyl groups is 1. The minimum atomic E-state index is -0.795. The Balaban J connectivity index is 2.08. The smallest absolute Gasteiger partial charge is 0.348 e. The van der Waals surface area contributed by atoms with Crippen molar-refractivity contribution in [1.29, 1.82) is 0 Å². The van der Waals surface area contributed by atoms with E-state index < -0.39 is 6.23 Å². The van der Waals surface area contributed by atoms with Gasteiger partial charge in [0, 0.05) is 16.3 Å². The Labute approximate surface area is 143 Å². The summed E-state index contributed by atoms with van der Waals surface area (Å²) in [5, 5.41) is 11.8. The van der Waals surface area contributed by atoms with Crippen LogP contribution in [-0.4, -0.2) is 23.9 Å². The summed E-state index contributed by atoms with van der Waals surface area (Å²) >= 11 is 7.27. The van der Waals surface area contributed by atoms with E-state index in [9.17, 15) is 9.90 Å². The number of ether oxygens (including phenoxy) is 1. The molecule has 1 unspecified atom stereocenters. The number of fused-ring (bicyclic) bond motifs is 1. The Kier molecular flexibility index (Phi) is 4.43. The Bertz CT molecular complexity index is 767. The number of halogens is 1. The van der Waals surface area contributed by atoms with Crippen molar-refractivity contribution in [2.75, 3.05) is 11.5 Å². The molecule has 0 saturated heterocycles. The molecule has 0 spiro atoms. The lowest BCUT2D eigenvalue weighted by atomic mass is 10.1. The molecule has 3 rings (SSSR count). The molecule has 2 heterocycles. The highest BCUT2D eigenvalue weighted by molar-refractivity contribution is 7.18. The number of benzene rings is 1. The van der Waals surface area contributed by atoms with Crippen molar-refractivity contribution >= 4 is 45.7 Å². The predicted octanol–water partition coefficient (Wildman–Crippen LogP) is 4.37. The number of nitrogens with zero attached hydrogens (tertiary/aromatic N) is 1. The number of aliphatic hydroxyl groups excluding tert-OH is 1. The monoisotopic (exact) mass is 349 g/mol. The van der Waals surface area contributed by atoms with E-state index in [4.69, 9.17) is 16.3 Å². The van der Waals surface area contributed by atoms with E-state index in [2.05, 4.69) is 0 Å². The molecule has 1 aromatic heterocycles. The summed E-state index contributed by atoms with van der Waals surface area (Å²) in [6, 6.07) is 7.23. The van der Waals surface area contributed by atoms with Gasteiger partial charge in [0.1, 0.15) is 9.88 Å². The SMILES string of the molecule is CCOC(=O)c1sc2c(c1C)C=CC(O)N2c1ccc(Cl)cc1. The maximum absolute atomic E-state index is 12.1. The molecule has 0 radical (unpaired) electrons. The molecule has 0 bridgehead atoms. The van der Waals surface area contributed by atoms with Gasteiger partial charge >= 0.3 is 5.97 Å². The quantitative estimate of drug-likeness (QED) is 0.836. The van der Waals surface area contributed by atoms with Crippen LogP contribution in [-0.2, 0) is 4.74 Å². The summed E-state index contributed by atoms with van der Waals surface area (Å²) in [6.45, 7) is 4.01. The van der Waals surface area contributed by atoms with Gasteiger partial charge in [0.05, 0.1) is 6.61 Å². The minimum absolute atomic E-state index is 0.330. The lowest BCUT2D eigenvalue weighted by molar-refractivity contribution is 0.0531. The first kappa shape index (κ1) is 16.1. The van der Waals surface area contributed by atoms with Gasteiger partial charge in [-0.2, -0.15) is 0 Å². The molecule has 120 valence electrons. The van der Waals surface area contributed by atoms with Crippen molar-refractivity contribution in [2.45, 2.75) is 20.1 Å². The molecular formula is C17H16ClNO3S. The van der Waals surface area contributed by atoms with E-state index >= 15 is 0 Å². The molecule has 1 aliphatic rings. The molecule has 1 N–H and O–H groups in total. The van der Waals surface area contributed by atoms with E-state index in [1.807, 2.05) is 25.1 Å². The van der Waals surface area contributed by atoms with Gasteiger partial charge in [-0.1, -0.05) is 17.7 Å². The second kappa shape index (κ2) is 6.35. The fraction of sp³-hybridized carbons (Fsp3) is 0.235. The maximum Gasteiger partial charge on any atom is 0.348 e. The van der Waals surface area contributed by atoms with Gasteiger partial charge in [-0.25, -0.2) is 4.79 Å². The molecule has 0 saturated carbocycles. The Morgan fingerprint density at radius 1 is 1.39 bits per heavy atom. The normalized spacial score (nSPS) is 16.3. The average Bonchev–Trinajstić information content (AvgIpc) is 2.86. The fourth-order valence-corrected chi connectivity index (χ4v) is 3.91. The zero-order valence-electron chi connectivity index (χ0n) is 12.7. The van der Waals surface area contributed by atoms with Gasteiger partial charge in [-0.15, -0.1) is 11.3 Å². The fourth-order valence-electron chi connectivity index (χ4n) is 2.54. The van der Waals surface area contributed by atoms with Crippen molar-refractivity contribution < 1.29 is 14.6 Å². The van der Waals surface area contributed by atoms with Crippen LogP contribution >= 0.6 is 22.9 Å². The highest BCUT2D eigenvalue weighted by atomic mass is 35.5. The number of hydrogen-bond acceptors (Lipinski definition) is 5. The third-order valence-corrected chi connectivity index (χ3v) is 5.20. The van der Waals surface area contributed by atoms with E-state index in [1.165, 1.54) is 11.3 Å². The zero-order valence-corrected chi connectivity index (χ0v) is 14.3. The summed E-state index contributed by atoms with van der Waals surface area (Å²) < 4.78 is 5.12. The molecule has 0 fully saturated rings. The molecule has 1 atom stereocenters. The van der Waals surface area contributed by atoms with Gasteiger partial charge < -0.3 is 14.7 Å². The van der Waals surface area contributed by atoms with Crippen molar-refractivity contribution in [3.8, 4) is 0 Å². The molecular weight excluding hydrogens is 334 g/mol. The third kappa shape index (κ3) is 2.87. The first-order chi connectivity index (χ1) is 11.0. The number of anilines is 2. The van der Waals surface area contributed by atoms with Gasteiger partial charge in [-0.3, -0.25) is 0 Å². The van der Waals surface area contributed by atoms with Crippen LogP contribution in [0.2, 0.25) is 5.02 Å². The molecule has 6 heteroatoms. The number of hydrogen-bond donors (Lipinski definition) is 1. The van der Waals surface area contributed by atoms with Crippen LogP contribution < -0.4 is 4.90 Å². The number of carbonyl (C=O) groups excluding carboxylic acids is 1. The van der Waals surface area contributed by atoms with E-state index in [-0.39, 0.29) is 5.97 Å². The van der Waals surface area contributed by atoms with Crippen LogP contribution in [0.15, 0.2) is 30.3 Å². The summed E-state index contributed by atoms with van der Waals surface area (Å²) in [7, 11) is 0. The molecule has 0 aliphatic carbocycles. The third-order valence-electron chi connectivity index (χ3n) is 3.66. The maximum atomic E-state index is 12.1. The number of thiophene rings is 1. The molecule has 2 aromatic rings. The molecule has 1 aliphatic heterocycles. The number of carbonyl (C=O) groups is 1. The molecule has 1 aromatic carbocycles. The van der Waals surface area contributed by atoms with Crippen LogP contribution in [0, 0.1) is 6.92 Å².